The van der Waals surface area contributed by atoms with Crippen LogP contribution in [0, 0.1) is 0 Å². The number of hydrogen-bond donors (Lipinski definition) is 3. The summed E-state index contributed by atoms with van der Waals surface area (Å²) in [5.74, 6) is -1.26. The van der Waals surface area contributed by atoms with Crippen molar-refractivity contribution in [2.75, 3.05) is 14.2 Å². The average Bonchev–Trinajstić information content (AvgIpc) is 2.68. The first kappa shape index (κ1) is 20.6. The summed E-state index contributed by atoms with van der Waals surface area (Å²) < 4.78 is 9.91. The molecule has 7 nitrogen and oxygen atoms in total. The number of methoxy groups -OCH3 is 2. The lowest BCUT2D eigenvalue weighted by Crippen LogP contribution is -2.01. The Kier molecular flexibility index (Phi) is 6.81. The van der Waals surface area contributed by atoms with Gasteiger partial charge in [-0.15, -0.1) is 0 Å². The van der Waals surface area contributed by atoms with Gasteiger partial charge < -0.3 is 24.8 Å². The number of phenols is 3. The van der Waals surface area contributed by atoms with Gasteiger partial charge in [0.05, 0.1) is 20.6 Å². The molecule has 0 fully saturated rings. The van der Waals surface area contributed by atoms with Crippen LogP contribution in [0.4, 0.5) is 0 Å². The molecule has 0 saturated heterocycles. The first-order valence-corrected chi connectivity index (χ1v) is 8.23. The molecule has 146 valence electrons. The molecular weight excluding hydrogens is 364 g/mol. The molecule has 0 spiro atoms. The number of allylic oxidation sites excluding steroid dienone is 2. The molecular formula is C21H20O7. The van der Waals surface area contributed by atoms with Gasteiger partial charge in [-0.1, -0.05) is 18.2 Å². The third-order valence-electron chi connectivity index (χ3n) is 3.77. The fraction of sp³-hybridized carbons (Fsp3) is 0.143. The van der Waals surface area contributed by atoms with Crippen LogP contribution in [0.3, 0.4) is 0 Å². The highest BCUT2D eigenvalue weighted by molar-refractivity contribution is 6.10. The molecule has 7 heteroatoms. The molecule has 0 aromatic heterocycles. The SMILES string of the molecule is COc1cc(/C=C/C(=O)CC(=O)/C=C/c2cc(O)c(O)c(OC)c2)ccc1O. The van der Waals surface area contributed by atoms with Crippen molar-refractivity contribution in [3.8, 4) is 28.7 Å². The molecule has 0 amide bonds. The van der Waals surface area contributed by atoms with Crippen LogP contribution >= 0.6 is 0 Å². The Bertz CT molecular complexity index is 942. The smallest absolute Gasteiger partial charge is 0.200 e. The van der Waals surface area contributed by atoms with Crippen LogP contribution < -0.4 is 9.47 Å². The van der Waals surface area contributed by atoms with Crippen molar-refractivity contribution in [3.63, 3.8) is 0 Å². The van der Waals surface area contributed by atoms with Gasteiger partial charge in [-0.25, -0.2) is 0 Å². The molecule has 0 radical (unpaired) electrons. The quantitative estimate of drug-likeness (QED) is 0.364. The molecule has 28 heavy (non-hydrogen) atoms. The van der Waals surface area contributed by atoms with Gasteiger partial charge in [0.2, 0.25) is 5.75 Å². The largest absolute Gasteiger partial charge is 0.504 e. The molecule has 0 bridgehead atoms. The molecule has 0 aliphatic heterocycles. The minimum Gasteiger partial charge on any atom is -0.504 e. The number of carbonyl (C=O) groups is 2. The summed E-state index contributed by atoms with van der Waals surface area (Å²) in [5.41, 5.74) is 1.07. The number of phenolic OH excluding ortho intramolecular Hbond substituents is 3. The lowest BCUT2D eigenvalue weighted by Gasteiger charge is -2.06. The second-order valence-corrected chi connectivity index (χ2v) is 5.80. The predicted octanol–water partition coefficient (Wildman–Crippen LogP) is 3.08. The summed E-state index contributed by atoms with van der Waals surface area (Å²) in [6.07, 6.45) is 5.08. The minimum absolute atomic E-state index is 0.0109. The van der Waals surface area contributed by atoms with Gasteiger partial charge in [-0.05, 0) is 47.5 Å². The third-order valence-corrected chi connectivity index (χ3v) is 3.77. The topological polar surface area (TPSA) is 113 Å². The van der Waals surface area contributed by atoms with Gasteiger partial charge in [-0.2, -0.15) is 0 Å². The lowest BCUT2D eigenvalue weighted by molar-refractivity contribution is -0.121. The van der Waals surface area contributed by atoms with Crippen molar-refractivity contribution in [1.29, 1.82) is 0 Å². The standard InChI is InChI=1S/C21H20O7/c1-27-19-10-13(5-8-17(19)24)3-6-15(22)12-16(23)7-4-14-9-18(25)21(26)20(11-14)28-2/h3-11,24-26H,12H2,1-2H3/b6-3+,7-4+. The van der Waals surface area contributed by atoms with Crippen LogP contribution in [0.5, 0.6) is 28.7 Å². The highest BCUT2D eigenvalue weighted by Crippen LogP contribution is 2.36. The Morgan fingerprint density at radius 3 is 2.00 bits per heavy atom. The first-order chi connectivity index (χ1) is 13.3. The van der Waals surface area contributed by atoms with E-state index in [9.17, 15) is 24.9 Å². The Morgan fingerprint density at radius 2 is 1.39 bits per heavy atom. The number of hydrogen-bond acceptors (Lipinski definition) is 7. The highest BCUT2D eigenvalue weighted by atomic mass is 16.5. The van der Waals surface area contributed by atoms with Crippen LogP contribution in [0.15, 0.2) is 42.5 Å². The normalized spacial score (nSPS) is 11.1. The summed E-state index contributed by atoms with van der Waals surface area (Å²) in [6.45, 7) is 0. The zero-order valence-corrected chi connectivity index (χ0v) is 15.4. The lowest BCUT2D eigenvalue weighted by atomic mass is 10.1. The summed E-state index contributed by atoms with van der Waals surface area (Å²) in [5, 5.41) is 28.7. The molecule has 0 unspecified atom stereocenters. The maximum atomic E-state index is 12.0. The first-order valence-electron chi connectivity index (χ1n) is 8.23. The Hall–Kier alpha value is -3.74. The number of aromatic hydroxyl groups is 3. The molecule has 2 rings (SSSR count). The molecule has 3 N–H and O–H groups in total. The van der Waals surface area contributed by atoms with Crippen molar-refractivity contribution < 1.29 is 34.4 Å². The van der Waals surface area contributed by atoms with Crippen LogP contribution in [-0.4, -0.2) is 41.1 Å². The third kappa shape index (κ3) is 5.38. The molecule has 0 aliphatic carbocycles. The van der Waals surface area contributed by atoms with Gasteiger partial charge in [-0.3, -0.25) is 9.59 Å². The molecule has 2 aromatic rings. The summed E-state index contributed by atoms with van der Waals surface area (Å²) >= 11 is 0. The number of ketones is 2. The fourth-order valence-electron chi connectivity index (χ4n) is 2.33. The Labute approximate surface area is 161 Å². The summed E-state index contributed by atoms with van der Waals surface area (Å²) in [7, 11) is 2.75. The Morgan fingerprint density at radius 1 is 0.821 bits per heavy atom. The highest BCUT2D eigenvalue weighted by Gasteiger charge is 2.09. The molecule has 0 heterocycles. The fourth-order valence-corrected chi connectivity index (χ4v) is 2.33. The van der Waals surface area contributed by atoms with E-state index >= 15 is 0 Å². The van der Waals surface area contributed by atoms with Gasteiger partial charge in [0, 0.05) is 0 Å². The van der Waals surface area contributed by atoms with Crippen LogP contribution in [0.2, 0.25) is 0 Å². The number of benzene rings is 2. The predicted molar refractivity (Wildman–Crippen MR) is 104 cm³/mol. The van der Waals surface area contributed by atoms with Crippen molar-refractivity contribution >= 4 is 23.7 Å². The zero-order valence-electron chi connectivity index (χ0n) is 15.4. The Balaban J connectivity index is 2.00. The van der Waals surface area contributed by atoms with Gasteiger partial charge in [0.25, 0.3) is 0 Å². The molecule has 0 aliphatic rings. The molecule has 0 saturated carbocycles. The number of ether oxygens (including phenoxy) is 2. The van der Waals surface area contributed by atoms with E-state index in [1.165, 1.54) is 56.7 Å². The van der Waals surface area contributed by atoms with Crippen LogP contribution in [0.1, 0.15) is 17.5 Å². The average molecular weight is 384 g/mol. The van der Waals surface area contributed by atoms with Crippen molar-refractivity contribution in [2.45, 2.75) is 6.42 Å². The maximum absolute atomic E-state index is 12.0. The van der Waals surface area contributed by atoms with E-state index in [1.54, 1.807) is 12.1 Å². The van der Waals surface area contributed by atoms with E-state index in [4.69, 9.17) is 9.47 Å². The van der Waals surface area contributed by atoms with E-state index < -0.39 is 17.3 Å². The van der Waals surface area contributed by atoms with Gasteiger partial charge in [0.15, 0.2) is 34.6 Å². The van der Waals surface area contributed by atoms with Crippen LogP contribution in [0.25, 0.3) is 12.2 Å². The summed E-state index contributed by atoms with van der Waals surface area (Å²) in [4.78, 5) is 23.9. The van der Waals surface area contributed by atoms with Gasteiger partial charge >= 0.3 is 0 Å². The van der Waals surface area contributed by atoms with Gasteiger partial charge in [0.1, 0.15) is 0 Å². The zero-order chi connectivity index (χ0) is 20.7. The van der Waals surface area contributed by atoms with Crippen LogP contribution in [-0.2, 0) is 9.59 Å². The second-order valence-electron chi connectivity index (χ2n) is 5.80. The van der Waals surface area contributed by atoms with E-state index in [2.05, 4.69) is 0 Å². The van der Waals surface area contributed by atoms with E-state index in [0.29, 0.717) is 11.1 Å². The number of carbonyl (C=O) groups excluding carboxylic acids is 2. The van der Waals surface area contributed by atoms with Crippen molar-refractivity contribution in [3.05, 3.63) is 53.6 Å². The van der Waals surface area contributed by atoms with E-state index in [-0.39, 0.29) is 29.4 Å². The second kappa shape index (κ2) is 9.27. The minimum atomic E-state index is -0.426. The molecule has 0 atom stereocenters. The summed E-state index contributed by atoms with van der Waals surface area (Å²) in [6, 6.07) is 7.32. The number of rotatable bonds is 8. The van der Waals surface area contributed by atoms with Crippen molar-refractivity contribution in [1.82, 2.24) is 0 Å². The van der Waals surface area contributed by atoms with Crippen molar-refractivity contribution in [2.24, 2.45) is 0 Å². The molecule has 2 aromatic carbocycles. The monoisotopic (exact) mass is 384 g/mol. The van der Waals surface area contributed by atoms with E-state index in [0.717, 1.165) is 0 Å². The maximum Gasteiger partial charge on any atom is 0.200 e. The van der Waals surface area contributed by atoms with E-state index in [1.807, 2.05) is 0 Å².